The molecule has 0 heterocycles. The molecule has 0 radical (unpaired) electrons. The van der Waals surface area contributed by atoms with Crippen molar-refractivity contribution in [2.24, 2.45) is 5.84 Å². The largest absolute Gasteiger partial charge is 0.376 e. The van der Waals surface area contributed by atoms with Crippen molar-refractivity contribution >= 4 is 11.6 Å². The molecule has 94 valence electrons. The molecule has 1 unspecified atom stereocenters. The van der Waals surface area contributed by atoms with Gasteiger partial charge >= 0.3 is 0 Å². The van der Waals surface area contributed by atoms with E-state index in [2.05, 4.69) is 5.43 Å². The molecular weight excluding hydrogens is 236 g/mol. The standard InChI is InChI=1S/C13H19ClN2O/c1-17-13(7-2-3-8-13)12(16-15)10-5-4-6-11(14)9-10/h4-6,9,12,16H,2-3,7-8,15H2,1H3. The van der Waals surface area contributed by atoms with Crippen LogP contribution in [0.5, 0.6) is 0 Å². The molecule has 3 N–H and O–H groups in total. The van der Waals surface area contributed by atoms with Gasteiger partial charge in [0.05, 0.1) is 11.6 Å². The van der Waals surface area contributed by atoms with Crippen LogP contribution in [0, 0.1) is 0 Å². The van der Waals surface area contributed by atoms with Crippen LogP contribution in [0.2, 0.25) is 5.02 Å². The van der Waals surface area contributed by atoms with Gasteiger partial charge in [-0.25, -0.2) is 0 Å². The maximum Gasteiger partial charge on any atom is 0.0885 e. The van der Waals surface area contributed by atoms with E-state index in [-0.39, 0.29) is 11.6 Å². The van der Waals surface area contributed by atoms with Crippen LogP contribution in [-0.4, -0.2) is 12.7 Å². The molecule has 0 saturated heterocycles. The minimum absolute atomic E-state index is 0.00583. The quantitative estimate of drug-likeness (QED) is 0.642. The van der Waals surface area contributed by atoms with E-state index in [0.29, 0.717) is 0 Å². The Morgan fingerprint density at radius 2 is 2.12 bits per heavy atom. The van der Waals surface area contributed by atoms with Crippen LogP contribution in [-0.2, 0) is 4.74 Å². The number of halogens is 1. The van der Waals surface area contributed by atoms with Gasteiger partial charge in [-0.3, -0.25) is 11.3 Å². The molecule has 1 aromatic carbocycles. The van der Waals surface area contributed by atoms with Crippen molar-refractivity contribution in [1.29, 1.82) is 0 Å². The Morgan fingerprint density at radius 3 is 2.65 bits per heavy atom. The van der Waals surface area contributed by atoms with E-state index in [1.54, 1.807) is 7.11 Å². The molecule has 1 aromatic rings. The molecule has 0 amide bonds. The van der Waals surface area contributed by atoms with Crippen molar-refractivity contribution in [3.05, 3.63) is 34.9 Å². The first-order valence-corrected chi connectivity index (χ1v) is 6.36. The van der Waals surface area contributed by atoms with E-state index in [0.717, 1.165) is 23.4 Å². The van der Waals surface area contributed by atoms with Gasteiger partial charge in [0.1, 0.15) is 0 Å². The molecule has 4 heteroatoms. The summed E-state index contributed by atoms with van der Waals surface area (Å²) in [5, 5.41) is 0.729. The van der Waals surface area contributed by atoms with Crippen LogP contribution in [0.3, 0.4) is 0 Å². The number of nitrogens with two attached hydrogens (primary N) is 1. The fraction of sp³-hybridized carbons (Fsp3) is 0.538. The lowest BCUT2D eigenvalue weighted by Crippen LogP contribution is -2.46. The monoisotopic (exact) mass is 254 g/mol. The maximum atomic E-state index is 6.03. The van der Waals surface area contributed by atoms with Crippen LogP contribution in [0.25, 0.3) is 0 Å². The summed E-state index contributed by atoms with van der Waals surface area (Å²) in [6.45, 7) is 0. The zero-order chi connectivity index (χ0) is 12.3. The molecule has 2 rings (SSSR count). The van der Waals surface area contributed by atoms with E-state index in [1.807, 2.05) is 24.3 Å². The molecule has 0 aromatic heterocycles. The van der Waals surface area contributed by atoms with E-state index < -0.39 is 0 Å². The van der Waals surface area contributed by atoms with Crippen molar-refractivity contribution in [3.63, 3.8) is 0 Å². The summed E-state index contributed by atoms with van der Waals surface area (Å²) in [5.41, 5.74) is 3.79. The number of hydrogen-bond donors (Lipinski definition) is 2. The first-order chi connectivity index (χ1) is 8.22. The van der Waals surface area contributed by atoms with E-state index in [9.17, 15) is 0 Å². The Hall–Kier alpha value is -0.610. The Morgan fingerprint density at radius 1 is 1.41 bits per heavy atom. The third-order valence-electron chi connectivity index (χ3n) is 3.73. The number of nitrogens with one attached hydrogen (secondary N) is 1. The van der Waals surface area contributed by atoms with E-state index in [1.165, 1.54) is 12.8 Å². The molecule has 1 aliphatic rings. The Kier molecular flexibility index (Phi) is 4.05. The zero-order valence-electron chi connectivity index (χ0n) is 10.1. The Balaban J connectivity index is 2.32. The van der Waals surface area contributed by atoms with Gasteiger partial charge in [-0.2, -0.15) is 0 Å². The predicted octanol–water partition coefficient (Wildman–Crippen LogP) is 2.80. The number of ether oxygens (including phenoxy) is 1. The number of benzene rings is 1. The van der Waals surface area contributed by atoms with E-state index in [4.69, 9.17) is 22.2 Å². The van der Waals surface area contributed by atoms with Crippen LogP contribution in [0.15, 0.2) is 24.3 Å². The minimum atomic E-state index is -0.195. The molecule has 1 aliphatic carbocycles. The molecule has 1 saturated carbocycles. The molecule has 17 heavy (non-hydrogen) atoms. The smallest absolute Gasteiger partial charge is 0.0885 e. The fourth-order valence-electron chi connectivity index (χ4n) is 2.82. The molecule has 1 fully saturated rings. The van der Waals surface area contributed by atoms with Gasteiger partial charge in [-0.1, -0.05) is 36.6 Å². The van der Waals surface area contributed by atoms with Crippen molar-refractivity contribution < 1.29 is 4.74 Å². The molecule has 3 nitrogen and oxygen atoms in total. The molecular formula is C13H19ClN2O. The van der Waals surface area contributed by atoms with E-state index >= 15 is 0 Å². The van der Waals surface area contributed by atoms with Gasteiger partial charge in [0.2, 0.25) is 0 Å². The number of hydrazine groups is 1. The lowest BCUT2D eigenvalue weighted by Gasteiger charge is -2.36. The first kappa shape index (κ1) is 12.8. The minimum Gasteiger partial charge on any atom is -0.376 e. The summed E-state index contributed by atoms with van der Waals surface area (Å²) in [5.74, 6) is 5.72. The summed E-state index contributed by atoms with van der Waals surface area (Å²) >= 11 is 6.03. The number of methoxy groups -OCH3 is 1. The van der Waals surface area contributed by atoms with Crippen LogP contribution in [0.1, 0.15) is 37.3 Å². The second-order valence-corrected chi connectivity index (χ2v) is 5.07. The maximum absolute atomic E-state index is 6.03. The SMILES string of the molecule is COC1(C(NN)c2cccc(Cl)c2)CCCC1. The first-order valence-electron chi connectivity index (χ1n) is 5.98. The highest BCUT2D eigenvalue weighted by molar-refractivity contribution is 6.30. The summed E-state index contributed by atoms with van der Waals surface area (Å²) in [7, 11) is 1.76. The third kappa shape index (κ3) is 2.47. The van der Waals surface area contributed by atoms with Gasteiger partial charge in [-0.05, 0) is 30.5 Å². The topological polar surface area (TPSA) is 47.3 Å². The van der Waals surface area contributed by atoms with Gasteiger partial charge in [0, 0.05) is 12.1 Å². The predicted molar refractivity (Wildman–Crippen MR) is 69.7 cm³/mol. The second-order valence-electron chi connectivity index (χ2n) is 4.63. The van der Waals surface area contributed by atoms with Crippen molar-refractivity contribution in [3.8, 4) is 0 Å². The van der Waals surface area contributed by atoms with Crippen molar-refractivity contribution in [1.82, 2.24) is 5.43 Å². The Labute approximate surface area is 107 Å². The van der Waals surface area contributed by atoms with Crippen LogP contribution >= 0.6 is 11.6 Å². The molecule has 1 atom stereocenters. The lowest BCUT2D eigenvalue weighted by atomic mass is 9.87. The number of hydrogen-bond acceptors (Lipinski definition) is 3. The van der Waals surface area contributed by atoms with Crippen LogP contribution in [0.4, 0.5) is 0 Å². The summed E-state index contributed by atoms with van der Waals surface area (Å²) < 4.78 is 5.76. The lowest BCUT2D eigenvalue weighted by molar-refractivity contribution is -0.0368. The summed E-state index contributed by atoms with van der Waals surface area (Å²) in [6, 6.07) is 7.79. The van der Waals surface area contributed by atoms with Crippen molar-refractivity contribution in [2.45, 2.75) is 37.3 Å². The average Bonchev–Trinajstić information content (AvgIpc) is 2.80. The van der Waals surface area contributed by atoms with Gasteiger partial charge in [0.25, 0.3) is 0 Å². The fourth-order valence-corrected chi connectivity index (χ4v) is 3.02. The highest BCUT2D eigenvalue weighted by atomic mass is 35.5. The summed E-state index contributed by atoms with van der Waals surface area (Å²) in [4.78, 5) is 0. The summed E-state index contributed by atoms with van der Waals surface area (Å²) in [6.07, 6.45) is 4.44. The third-order valence-corrected chi connectivity index (χ3v) is 3.97. The van der Waals surface area contributed by atoms with Crippen molar-refractivity contribution in [2.75, 3.05) is 7.11 Å². The van der Waals surface area contributed by atoms with Gasteiger partial charge < -0.3 is 4.74 Å². The normalized spacial score (nSPS) is 20.4. The van der Waals surface area contributed by atoms with Gasteiger partial charge in [0.15, 0.2) is 0 Å². The van der Waals surface area contributed by atoms with Crippen LogP contribution < -0.4 is 11.3 Å². The zero-order valence-corrected chi connectivity index (χ0v) is 10.8. The molecule has 0 bridgehead atoms. The highest BCUT2D eigenvalue weighted by Crippen LogP contribution is 2.42. The average molecular weight is 255 g/mol. The second kappa shape index (κ2) is 5.36. The Bertz CT molecular complexity index is 377. The highest BCUT2D eigenvalue weighted by Gasteiger charge is 2.42. The van der Waals surface area contributed by atoms with Gasteiger partial charge in [-0.15, -0.1) is 0 Å². The molecule has 0 aliphatic heterocycles. The molecule has 0 spiro atoms. The number of rotatable bonds is 4.